The fraction of sp³-hybridized carbons (Fsp3) is 0.148. The number of hydrogen-bond donors (Lipinski definition) is 0. The molecule has 190 valence electrons. The number of morpholine rings is 1. The first kappa shape index (κ1) is 24.0. The van der Waals surface area contributed by atoms with Gasteiger partial charge in [-0.2, -0.15) is 9.78 Å². The van der Waals surface area contributed by atoms with Crippen LogP contribution in [-0.4, -0.2) is 46.2 Å². The maximum atomic E-state index is 13.7. The van der Waals surface area contributed by atoms with E-state index in [1.165, 1.54) is 6.07 Å². The number of ether oxygens (including phenoxy) is 1. The van der Waals surface area contributed by atoms with Crippen molar-refractivity contribution in [3.8, 4) is 28.1 Å². The van der Waals surface area contributed by atoms with Gasteiger partial charge in [-0.1, -0.05) is 39.3 Å². The van der Waals surface area contributed by atoms with E-state index in [-0.39, 0.29) is 11.4 Å². The Bertz CT molecular complexity index is 1730. The summed E-state index contributed by atoms with van der Waals surface area (Å²) in [4.78, 5) is 27.3. The zero-order chi connectivity index (χ0) is 26.2. The minimum Gasteiger partial charge on any atom is -0.378 e. The Labute approximate surface area is 224 Å². The van der Waals surface area contributed by atoms with Gasteiger partial charge >= 0.3 is 0 Å². The van der Waals surface area contributed by atoms with Gasteiger partial charge < -0.3 is 14.2 Å². The standard InChI is InChI=1S/C27H20BrN5O5/c28-20-12-17(19-15-29-38-16-19)11-18(13-20)26-22-3-1-2-4-23(22)27(34)32(30-26)25-14-21(5-6-24(25)33(35)36)31-7-9-37-10-8-31/h1-6,11-16H,7-10H2. The topological polar surface area (TPSA) is 117 Å². The van der Waals surface area contributed by atoms with E-state index in [1.807, 2.05) is 30.3 Å². The van der Waals surface area contributed by atoms with Crippen LogP contribution in [0.25, 0.3) is 38.8 Å². The molecular formula is C27H20BrN5O5. The Morgan fingerprint density at radius 2 is 1.71 bits per heavy atom. The molecule has 6 rings (SSSR count). The average Bonchev–Trinajstić information content (AvgIpc) is 3.49. The maximum absolute atomic E-state index is 13.7. The number of anilines is 1. The zero-order valence-electron chi connectivity index (χ0n) is 19.9. The molecule has 38 heavy (non-hydrogen) atoms. The van der Waals surface area contributed by atoms with Crippen LogP contribution in [0.5, 0.6) is 0 Å². The van der Waals surface area contributed by atoms with Crippen molar-refractivity contribution < 1.29 is 14.2 Å². The third-order valence-corrected chi connectivity index (χ3v) is 6.96. The quantitative estimate of drug-likeness (QED) is 0.207. The van der Waals surface area contributed by atoms with E-state index in [0.29, 0.717) is 48.3 Å². The Hall–Kier alpha value is -4.35. The summed E-state index contributed by atoms with van der Waals surface area (Å²) >= 11 is 3.57. The van der Waals surface area contributed by atoms with Crippen LogP contribution in [0, 0.1) is 10.1 Å². The van der Waals surface area contributed by atoms with Crippen LogP contribution >= 0.6 is 15.9 Å². The lowest BCUT2D eigenvalue weighted by molar-refractivity contribution is -0.384. The molecule has 0 aliphatic carbocycles. The third-order valence-electron chi connectivity index (χ3n) is 6.50. The first-order valence-corrected chi connectivity index (χ1v) is 12.6. The number of nitro groups is 1. The summed E-state index contributed by atoms with van der Waals surface area (Å²) in [5.74, 6) is 0. The lowest BCUT2D eigenvalue weighted by atomic mass is 10.0. The number of fused-ring (bicyclic) bond motifs is 1. The van der Waals surface area contributed by atoms with E-state index in [0.717, 1.165) is 26.0 Å². The molecule has 0 amide bonds. The van der Waals surface area contributed by atoms with Gasteiger partial charge in [-0.05, 0) is 42.0 Å². The smallest absolute Gasteiger partial charge is 0.295 e. The highest BCUT2D eigenvalue weighted by Crippen LogP contribution is 2.34. The lowest BCUT2D eigenvalue weighted by Crippen LogP contribution is -2.36. The fourth-order valence-corrected chi connectivity index (χ4v) is 5.15. The highest BCUT2D eigenvalue weighted by atomic mass is 79.9. The van der Waals surface area contributed by atoms with Crippen molar-refractivity contribution in [3.63, 3.8) is 0 Å². The Morgan fingerprint density at radius 3 is 2.45 bits per heavy atom. The molecule has 0 N–H and O–H groups in total. The largest absolute Gasteiger partial charge is 0.378 e. The van der Waals surface area contributed by atoms with Crippen molar-refractivity contribution in [2.24, 2.45) is 0 Å². The van der Waals surface area contributed by atoms with Crippen LogP contribution in [0.4, 0.5) is 11.4 Å². The molecule has 3 aromatic carbocycles. The molecule has 0 unspecified atom stereocenters. The molecule has 0 saturated carbocycles. The number of hydrogen-bond acceptors (Lipinski definition) is 8. The normalized spacial score (nSPS) is 13.7. The van der Waals surface area contributed by atoms with Gasteiger partial charge in [0.2, 0.25) is 0 Å². The molecule has 1 saturated heterocycles. The zero-order valence-corrected chi connectivity index (χ0v) is 21.5. The second kappa shape index (κ2) is 9.84. The summed E-state index contributed by atoms with van der Waals surface area (Å²) in [5.41, 5.74) is 3.04. The minimum atomic E-state index is -0.496. The summed E-state index contributed by atoms with van der Waals surface area (Å²) in [6.07, 6.45) is 3.15. The number of nitrogens with zero attached hydrogens (tertiary/aromatic N) is 5. The SMILES string of the molecule is O=c1c2ccccc2c(-c2cc(Br)cc(-c3cnoc3)c2)nn1-c1cc(N2CCOCC2)ccc1[N+](=O)[O-]. The van der Waals surface area contributed by atoms with Gasteiger partial charge in [0.1, 0.15) is 12.0 Å². The Morgan fingerprint density at radius 1 is 0.947 bits per heavy atom. The van der Waals surface area contributed by atoms with Crippen molar-refractivity contribution in [1.29, 1.82) is 0 Å². The van der Waals surface area contributed by atoms with E-state index in [9.17, 15) is 14.9 Å². The Balaban J connectivity index is 1.61. The second-order valence-corrected chi connectivity index (χ2v) is 9.70. The van der Waals surface area contributed by atoms with Crippen LogP contribution in [0.15, 0.2) is 86.9 Å². The van der Waals surface area contributed by atoms with E-state index in [2.05, 4.69) is 26.0 Å². The van der Waals surface area contributed by atoms with E-state index in [4.69, 9.17) is 14.4 Å². The average molecular weight is 574 g/mol. The van der Waals surface area contributed by atoms with Gasteiger partial charge in [0.05, 0.1) is 35.4 Å². The third kappa shape index (κ3) is 4.35. The minimum absolute atomic E-state index is 0.102. The molecular weight excluding hydrogens is 554 g/mol. The predicted octanol–water partition coefficient (Wildman–Crippen LogP) is 5.22. The van der Waals surface area contributed by atoms with Crippen LogP contribution in [0.2, 0.25) is 0 Å². The highest BCUT2D eigenvalue weighted by molar-refractivity contribution is 9.10. The van der Waals surface area contributed by atoms with Gasteiger partial charge in [0, 0.05) is 45.8 Å². The van der Waals surface area contributed by atoms with Crippen molar-refractivity contribution in [2.75, 3.05) is 31.2 Å². The molecule has 11 heteroatoms. The van der Waals surface area contributed by atoms with Crippen LogP contribution < -0.4 is 10.5 Å². The van der Waals surface area contributed by atoms with Crippen LogP contribution in [0.3, 0.4) is 0 Å². The molecule has 1 aliphatic heterocycles. The van der Waals surface area contributed by atoms with Crippen molar-refractivity contribution in [1.82, 2.24) is 14.9 Å². The highest BCUT2D eigenvalue weighted by Gasteiger charge is 2.23. The molecule has 0 spiro atoms. The molecule has 0 atom stereocenters. The monoisotopic (exact) mass is 573 g/mol. The number of rotatable bonds is 5. The first-order chi connectivity index (χ1) is 18.5. The van der Waals surface area contributed by atoms with Crippen LogP contribution in [0.1, 0.15) is 0 Å². The summed E-state index contributed by atoms with van der Waals surface area (Å²) in [6.45, 7) is 2.41. The first-order valence-electron chi connectivity index (χ1n) is 11.8. The molecule has 1 fully saturated rings. The molecule has 0 bridgehead atoms. The predicted molar refractivity (Wildman–Crippen MR) is 146 cm³/mol. The van der Waals surface area contributed by atoms with Gasteiger partial charge in [0.25, 0.3) is 11.2 Å². The van der Waals surface area contributed by atoms with Crippen molar-refractivity contribution >= 4 is 38.1 Å². The number of nitro benzene ring substituents is 1. The van der Waals surface area contributed by atoms with E-state index < -0.39 is 10.5 Å². The van der Waals surface area contributed by atoms with Gasteiger partial charge in [-0.25, -0.2) is 0 Å². The van der Waals surface area contributed by atoms with Crippen LogP contribution in [-0.2, 0) is 4.74 Å². The molecule has 10 nitrogen and oxygen atoms in total. The van der Waals surface area contributed by atoms with Gasteiger partial charge in [0.15, 0.2) is 0 Å². The Kier molecular flexibility index (Phi) is 6.22. The summed E-state index contributed by atoms with van der Waals surface area (Å²) in [7, 11) is 0. The van der Waals surface area contributed by atoms with Crippen molar-refractivity contribution in [3.05, 3.63) is 98.1 Å². The molecule has 5 aromatic rings. The molecule has 0 radical (unpaired) electrons. The second-order valence-electron chi connectivity index (χ2n) is 8.78. The summed E-state index contributed by atoms with van der Waals surface area (Å²) in [5, 5.41) is 21.6. The number of halogens is 1. The molecule has 2 aromatic heterocycles. The van der Waals surface area contributed by atoms with Gasteiger partial charge in [-0.3, -0.25) is 14.9 Å². The number of aromatic nitrogens is 3. The van der Waals surface area contributed by atoms with E-state index >= 15 is 0 Å². The molecule has 1 aliphatic rings. The van der Waals surface area contributed by atoms with Gasteiger partial charge in [-0.15, -0.1) is 0 Å². The molecule has 3 heterocycles. The fourth-order valence-electron chi connectivity index (χ4n) is 4.66. The van der Waals surface area contributed by atoms with Crippen molar-refractivity contribution in [2.45, 2.75) is 0 Å². The summed E-state index contributed by atoms with van der Waals surface area (Å²) < 4.78 is 12.4. The van der Waals surface area contributed by atoms with E-state index in [1.54, 1.807) is 36.7 Å². The maximum Gasteiger partial charge on any atom is 0.295 e. The lowest BCUT2D eigenvalue weighted by Gasteiger charge is -2.29. The number of benzene rings is 3. The summed E-state index contributed by atoms with van der Waals surface area (Å²) in [6, 6.07) is 17.6.